The fraction of sp³-hybridized carbons (Fsp3) is 0.333. The van der Waals surface area contributed by atoms with Gasteiger partial charge in [0.05, 0.1) is 13.7 Å². The first-order valence-electron chi connectivity index (χ1n) is 3.55. The van der Waals surface area contributed by atoms with Crippen molar-refractivity contribution in [1.29, 1.82) is 0 Å². The van der Waals surface area contributed by atoms with Gasteiger partial charge < -0.3 is 14.9 Å². The number of methoxy groups -OCH3 is 1. The van der Waals surface area contributed by atoms with Crippen LogP contribution in [-0.4, -0.2) is 24.4 Å². The van der Waals surface area contributed by atoms with Gasteiger partial charge in [-0.05, 0) is 17.7 Å². The third-order valence-electron chi connectivity index (χ3n) is 1.34. The number of hydrogen-bond acceptors (Lipinski definition) is 3. The minimum absolute atomic E-state index is 0.0873. The Bertz CT molecular complexity index is 170. The maximum absolute atomic E-state index is 8.66. The lowest BCUT2D eigenvalue weighted by molar-refractivity contribution is 0.281. The molecule has 3 heteroatoms. The number of aliphatic hydroxyl groups excluding tert-OH is 2. The zero-order valence-electron chi connectivity index (χ0n) is 7.32. The van der Waals surface area contributed by atoms with Gasteiger partial charge in [-0.2, -0.15) is 0 Å². The number of rotatable bonds is 2. The van der Waals surface area contributed by atoms with Crippen LogP contribution in [0.2, 0.25) is 0 Å². The standard InChI is InChI=1S/C8H10O2.CH4O/c1-10-8-4-2-7(6-9)3-5-8;1-2/h2-5,9H,6H2,1H3;2H,1H3. The van der Waals surface area contributed by atoms with Crippen molar-refractivity contribution < 1.29 is 14.9 Å². The number of hydrogen-bond donors (Lipinski definition) is 2. The van der Waals surface area contributed by atoms with Crippen LogP contribution in [0, 0.1) is 0 Å². The molecule has 0 atom stereocenters. The number of benzene rings is 1. The topological polar surface area (TPSA) is 49.7 Å². The lowest BCUT2D eigenvalue weighted by Gasteiger charge is -1.98. The van der Waals surface area contributed by atoms with Crippen LogP contribution in [-0.2, 0) is 6.61 Å². The van der Waals surface area contributed by atoms with Gasteiger partial charge in [-0.25, -0.2) is 0 Å². The van der Waals surface area contributed by atoms with E-state index in [-0.39, 0.29) is 6.61 Å². The highest BCUT2D eigenvalue weighted by molar-refractivity contribution is 5.26. The molecule has 0 fully saturated rings. The molecule has 0 aliphatic rings. The highest BCUT2D eigenvalue weighted by Gasteiger charge is 1.89. The minimum atomic E-state index is 0.0873. The van der Waals surface area contributed by atoms with Crippen LogP contribution in [0.1, 0.15) is 5.56 Å². The summed E-state index contributed by atoms with van der Waals surface area (Å²) in [5.74, 6) is 0.817. The average Bonchev–Trinajstić information content (AvgIpc) is 2.21. The van der Waals surface area contributed by atoms with Crippen LogP contribution >= 0.6 is 0 Å². The van der Waals surface area contributed by atoms with E-state index in [0.717, 1.165) is 18.4 Å². The van der Waals surface area contributed by atoms with Gasteiger partial charge in [-0.1, -0.05) is 12.1 Å². The summed E-state index contributed by atoms with van der Waals surface area (Å²) in [6.45, 7) is 0.0873. The molecule has 68 valence electrons. The Morgan fingerprint density at radius 3 is 2.00 bits per heavy atom. The van der Waals surface area contributed by atoms with Crippen molar-refractivity contribution >= 4 is 0 Å². The summed E-state index contributed by atoms with van der Waals surface area (Å²) in [6, 6.07) is 7.31. The number of ether oxygens (including phenoxy) is 1. The number of aliphatic hydroxyl groups is 2. The van der Waals surface area contributed by atoms with Crippen LogP contribution in [0.3, 0.4) is 0 Å². The summed E-state index contributed by atoms with van der Waals surface area (Å²) in [7, 11) is 2.62. The Morgan fingerprint density at radius 2 is 1.67 bits per heavy atom. The Kier molecular flexibility index (Phi) is 6.05. The maximum atomic E-state index is 8.66. The Morgan fingerprint density at radius 1 is 1.17 bits per heavy atom. The van der Waals surface area contributed by atoms with Crippen molar-refractivity contribution in [2.75, 3.05) is 14.2 Å². The van der Waals surface area contributed by atoms with Crippen molar-refractivity contribution in [3.8, 4) is 5.75 Å². The summed E-state index contributed by atoms with van der Waals surface area (Å²) in [5.41, 5.74) is 0.904. The monoisotopic (exact) mass is 170 g/mol. The SMILES string of the molecule is CO.COc1ccc(CO)cc1. The van der Waals surface area contributed by atoms with E-state index < -0.39 is 0 Å². The van der Waals surface area contributed by atoms with E-state index in [1.54, 1.807) is 7.11 Å². The molecule has 0 radical (unpaired) electrons. The lowest BCUT2D eigenvalue weighted by Crippen LogP contribution is -1.84. The molecule has 1 aromatic carbocycles. The largest absolute Gasteiger partial charge is 0.497 e. The summed E-state index contributed by atoms with van der Waals surface area (Å²) in [4.78, 5) is 0. The van der Waals surface area contributed by atoms with Gasteiger partial charge in [-0.3, -0.25) is 0 Å². The molecule has 0 unspecified atom stereocenters. The normalized spacial score (nSPS) is 8.33. The molecule has 1 aromatic rings. The van der Waals surface area contributed by atoms with Crippen molar-refractivity contribution in [3.63, 3.8) is 0 Å². The molecule has 0 heterocycles. The fourth-order valence-electron chi connectivity index (χ4n) is 0.731. The molecule has 0 amide bonds. The van der Waals surface area contributed by atoms with E-state index in [9.17, 15) is 0 Å². The predicted molar refractivity (Wildman–Crippen MR) is 47.1 cm³/mol. The first-order chi connectivity index (χ1) is 5.86. The fourth-order valence-corrected chi connectivity index (χ4v) is 0.731. The van der Waals surface area contributed by atoms with E-state index >= 15 is 0 Å². The smallest absolute Gasteiger partial charge is 0.118 e. The summed E-state index contributed by atoms with van der Waals surface area (Å²) < 4.78 is 4.93. The van der Waals surface area contributed by atoms with Crippen molar-refractivity contribution in [3.05, 3.63) is 29.8 Å². The first kappa shape index (κ1) is 10.9. The molecule has 0 aromatic heterocycles. The third-order valence-corrected chi connectivity index (χ3v) is 1.34. The third kappa shape index (κ3) is 3.37. The van der Waals surface area contributed by atoms with Gasteiger partial charge in [0, 0.05) is 7.11 Å². The zero-order valence-corrected chi connectivity index (χ0v) is 7.32. The van der Waals surface area contributed by atoms with Gasteiger partial charge in [-0.15, -0.1) is 0 Å². The highest BCUT2D eigenvalue weighted by atomic mass is 16.5. The molecule has 0 saturated heterocycles. The molecule has 0 bridgehead atoms. The second-order valence-corrected chi connectivity index (χ2v) is 2.01. The van der Waals surface area contributed by atoms with Gasteiger partial charge in [0.25, 0.3) is 0 Å². The molecular formula is C9H14O3. The van der Waals surface area contributed by atoms with Gasteiger partial charge in [0.2, 0.25) is 0 Å². The molecule has 12 heavy (non-hydrogen) atoms. The Hall–Kier alpha value is -1.06. The Balaban J connectivity index is 0.000000561. The van der Waals surface area contributed by atoms with E-state index in [0.29, 0.717) is 0 Å². The van der Waals surface area contributed by atoms with Crippen molar-refractivity contribution in [2.24, 2.45) is 0 Å². The van der Waals surface area contributed by atoms with Gasteiger partial charge in [0.1, 0.15) is 5.75 Å². The maximum Gasteiger partial charge on any atom is 0.118 e. The predicted octanol–water partition coefficient (Wildman–Crippen LogP) is 0.796. The van der Waals surface area contributed by atoms with Gasteiger partial charge >= 0.3 is 0 Å². The van der Waals surface area contributed by atoms with Crippen molar-refractivity contribution in [1.82, 2.24) is 0 Å². The van der Waals surface area contributed by atoms with E-state index in [2.05, 4.69) is 0 Å². The van der Waals surface area contributed by atoms with Crippen LogP contribution in [0.15, 0.2) is 24.3 Å². The van der Waals surface area contributed by atoms with Crippen LogP contribution in [0.5, 0.6) is 5.75 Å². The zero-order chi connectivity index (χ0) is 9.40. The molecular weight excluding hydrogens is 156 g/mol. The summed E-state index contributed by atoms with van der Waals surface area (Å²) in [6.07, 6.45) is 0. The average molecular weight is 170 g/mol. The lowest BCUT2D eigenvalue weighted by atomic mass is 10.2. The summed E-state index contributed by atoms with van der Waals surface area (Å²) in [5, 5.41) is 15.7. The first-order valence-corrected chi connectivity index (χ1v) is 3.55. The molecule has 2 N–H and O–H groups in total. The highest BCUT2D eigenvalue weighted by Crippen LogP contribution is 2.10. The van der Waals surface area contributed by atoms with E-state index in [4.69, 9.17) is 14.9 Å². The minimum Gasteiger partial charge on any atom is -0.497 e. The second kappa shape index (κ2) is 6.64. The van der Waals surface area contributed by atoms with Crippen LogP contribution in [0.25, 0.3) is 0 Å². The Labute approximate surface area is 72.2 Å². The molecule has 1 rings (SSSR count). The van der Waals surface area contributed by atoms with E-state index in [1.165, 1.54) is 0 Å². The van der Waals surface area contributed by atoms with Gasteiger partial charge in [0.15, 0.2) is 0 Å². The molecule has 0 saturated carbocycles. The molecule has 3 nitrogen and oxygen atoms in total. The molecule has 0 spiro atoms. The molecule has 0 aliphatic heterocycles. The van der Waals surface area contributed by atoms with E-state index in [1.807, 2.05) is 24.3 Å². The summed E-state index contributed by atoms with van der Waals surface area (Å²) >= 11 is 0. The second-order valence-electron chi connectivity index (χ2n) is 2.01. The quantitative estimate of drug-likeness (QED) is 0.690. The van der Waals surface area contributed by atoms with Crippen LogP contribution < -0.4 is 4.74 Å². The van der Waals surface area contributed by atoms with Crippen LogP contribution in [0.4, 0.5) is 0 Å². The molecule has 0 aliphatic carbocycles. The van der Waals surface area contributed by atoms with Crippen molar-refractivity contribution in [2.45, 2.75) is 6.61 Å².